The van der Waals surface area contributed by atoms with Gasteiger partial charge < -0.3 is 9.47 Å². The molecular formula is C22H24N2O3S. The molecule has 0 aliphatic heterocycles. The van der Waals surface area contributed by atoms with Crippen LogP contribution in [0.2, 0.25) is 0 Å². The third-order valence-corrected chi connectivity index (χ3v) is 5.18. The Kier molecular flexibility index (Phi) is 6.41. The molecule has 146 valence electrons. The van der Waals surface area contributed by atoms with Crippen molar-refractivity contribution < 1.29 is 14.3 Å². The van der Waals surface area contributed by atoms with Gasteiger partial charge in [-0.05, 0) is 50.1 Å². The fourth-order valence-corrected chi connectivity index (χ4v) is 3.63. The van der Waals surface area contributed by atoms with Crippen molar-refractivity contribution in [2.45, 2.75) is 27.7 Å². The second kappa shape index (κ2) is 8.97. The van der Waals surface area contributed by atoms with E-state index < -0.39 is 0 Å². The Morgan fingerprint density at radius 3 is 2.71 bits per heavy atom. The predicted molar refractivity (Wildman–Crippen MR) is 112 cm³/mol. The van der Waals surface area contributed by atoms with Crippen LogP contribution in [0.4, 0.5) is 0 Å². The van der Waals surface area contributed by atoms with Crippen molar-refractivity contribution in [3.63, 3.8) is 0 Å². The van der Waals surface area contributed by atoms with Gasteiger partial charge in [0.15, 0.2) is 0 Å². The maximum atomic E-state index is 12.1. The number of ether oxygens (including phenoxy) is 2. The monoisotopic (exact) mass is 396 g/mol. The van der Waals surface area contributed by atoms with Crippen LogP contribution in [-0.2, 0) is 4.74 Å². The zero-order valence-corrected chi connectivity index (χ0v) is 17.4. The van der Waals surface area contributed by atoms with Crippen molar-refractivity contribution in [2.24, 2.45) is 5.92 Å². The highest BCUT2D eigenvalue weighted by molar-refractivity contribution is 7.17. The number of aryl methyl sites for hydroxylation is 1. The second-order valence-corrected chi connectivity index (χ2v) is 7.78. The van der Waals surface area contributed by atoms with Crippen LogP contribution in [0.3, 0.4) is 0 Å². The summed E-state index contributed by atoms with van der Waals surface area (Å²) in [6.45, 7) is 8.82. The maximum absolute atomic E-state index is 12.1. The summed E-state index contributed by atoms with van der Waals surface area (Å²) in [4.78, 5) is 21.7. The topological polar surface area (TPSA) is 61.3 Å². The van der Waals surface area contributed by atoms with E-state index in [1.54, 1.807) is 13.1 Å². The normalized spacial score (nSPS) is 10.9. The summed E-state index contributed by atoms with van der Waals surface area (Å²) in [5.74, 6) is 0.880. The third kappa shape index (κ3) is 4.57. The number of hydrogen-bond donors (Lipinski definition) is 0. The van der Waals surface area contributed by atoms with Gasteiger partial charge in [-0.3, -0.25) is 4.98 Å². The van der Waals surface area contributed by atoms with Crippen LogP contribution >= 0.6 is 11.3 Å². The molecule has 0 saturated heterocycles. The van der Waals surface area contributed by atoms with Crippen LogP contribution in [0.15, 0.2) is 42.6 Å². The van der Waals surface area contributed by atoms with Gasteiger partial charge in [-0.15, -0.1) is 11.3 Å². The number of aromatic nitrogens is 2. The molecule has 0 aliphatic carbocycles. The summed E-state index contributed by atoms with van der Waals surface area (Å²) in [5.41, 5.74) is 3.34. The SMILES string of the molecule is CCOC(=O)c1sc(-c2ccc(OCC(C)C)c(-c3ccccn3)c2)nc1C. The van der Waals surface area contributed by atoms with Gasteiger partial charge in [0.2, 0.25) is 0 Å². The first-order chi connectivity index (χ1) is 13.5. The van der Waals surface area contributed by atoms with Crippen molar-refractivity contribution in [1.82, 2.24) is 9.97 Å². The molecule has 0 spiro atoms. The van der Waals surface area contributed by atoms with Crippen molar-refractivity contribution >= 4 is 17.3 Å². The molecule has 1 aromatic carbocycles. The fraction of sp³-hybridized carbons (Fsp3) is 0.318. The third-order valence-electron chi connectivity index (χ3n) is 4.00. The van der Waals surface area contributed by atoms with Crippen LogP contribution < -0.4 is 4.74 Å². The number of carbonyl (C=O) groups excluding carboxylic acids is 1. The molecule has 2 heterocycles. The van der Waals surface area contributed by atoms with Gasteiger partial charge in [0.25, 0.3) is 0 Å². The van der Waals surface area contributed by atoms with E-state index in [0.717, 1.165) is 27.6 Å². The Morgan fingerprint density at radius 1 is 1.21 bits per heavy atom. The molecule has 0 fully saturated rings. The Balaban J connectivity index is 2.01. The van der Waals surface area contributed by atoms with Crippen LogP contribution in [0.25, 0.3) is 21.8 Å². The zero-order chi connectivity index (χ0) is 20.1. The second-order valence-electron chi connectivity index (χ2n) is 6.78. The number of esters is 1. The van der Waals surface area contributed by atoms with Gasteiger partial charge in [0, 0.05) is 17.3 Å². The summed E-state index contributed by atoms with van der Waals surface area (Å²) in [6.07, 6.45) is 1.76. The van der Waals surface area contributed by atoms with Gasteiger partial charge in [-0.2, -0.15) is 0 Å². The number of rotatable bonds is 7. The van der Waals surface area contributed by atoms with Crippen molar-refractivity contribution in [1.29, 1.82) is 0 Å². The summed E-state index contributed by atoms with van der Waals surface area (Å²) >= 11 is 1.34. The van der Waals surface area contributed by atoms with E-state index in [9.17, 15) is 4.79 Å². The largest absolute Gasteiger partial charge is 0.493 e. The summed E-state index contributed by atoms with van der Waals surface area (Å²) in [5, 5.41) is 0.771. The molecule has 3 aromatic rings. The maximum Gasteiger partial charge on any atom is 0.350 e. The molecule has 0 atom stereocenters. The van der Waals surface area contributed by atoms with Crippen molar-refractivity contribution in [3.05, 3.63) is 53.2 Å². The molecule has 5 nitrogen and oxygen atoms in total. The molecule has 3 rings (SSSR count). The highest BCUT2D eigenvalue weighted by atomic mass is 32.1. The lowest BCUT2D eigenvalue weighted by Gasteiger charge is -2.14. The lowest BCUT2D eigenvalue weighted by Crippen LogP contribution is -2.05. The molecule has 0 N–H and O–H groups in total. The van der Waals surface area contributed by atoms with Crippen LogP contribution in [0.1, 0.15) is 36.1 Å². The lowest BCUT2D eigenvalue weighted by atomic mass is 10.1. The lowest BCUT2D eigenvalue weighted by molar-refractivity contribution is 0.0531. The van der Waals surface area contributed by atoms with E-state index in [4.69, 9.17) is 9.47 Å². The average molecular weight is 397 g/mol. The first-order valence-electron chi connectivity index (χ1n) is 9.32. The van der Waals surface area contributed by atoms with Gasteiger partial charge in [0.05, 0.1) is 24.6 Å². The first kappa shape index (κ1) is 20.0. The average Bonchev–Trinajstić information content (AvgIpc) is 3.09. The molecule has 6 heteroatoms. The van der Waals surface area contributed by atoms with Crippen LogP contribution in [-0.4, -0.2) is 29.2 Å². The van der Waals surface area contributed by atoms with E-state index in [1.165, 1.54) is 11.3 Å². The molecule has 0 aliphatic rings. The van der Waals surface area contributed by atoms with E-state index in [0.29, 0.717) is 29.7 Å². The first-order valence-corrected chi connectivity index (χ1v) is 10.1. The summed E-state index contributed by atoms with van der Waals surface area (Å²) in [6, 6.07) is 11.7. The minimum atomic E-state index is -0.328. The quantitative estimate of drug-likeness (QED) is 0.501. The molecule has 0 radical (unpaired) electrons. The van der Waals surface area contributed by atoms with E-state index in [-0.39, 0.29) is 5.97 Å². The Hall–Kier alpha value is -2.73. The zero-order valence-electron chi connectivity index (χ0n) is 16.6. The van der Waals surface area contributed by atoms with E-state index in [2.05, 4.69) is 23.8 Å². The van der Waals surface area contributed by atoms with Crippen LogP contribution in [0, 0.1) is 12.8 Å². The summed E-state index contributed by atoms with van der Waals surface area (Å²) < 4.78 is 11.1. The van der Waals surface area contributed by atoms with Gasteiger partial charge in [-0.25, -0.2) is 9.78 Å². The molecule has 0 bridgehead atoms. The molecule has 0 unspecified atom stereocenters. The highest BCUT2D eigenvalue weighted by Crippen LogP contribution is 2.36. The van der Waals surface area contributed by atoms with Crippen molar-refractivity contribution in [3.8, 4) is 27.6 Å². The van der Waals surface area contributed by atoms with Gasteiger partial charge >= 0.3 is 5.97 Å². The van der Waals surface area contributed by atoms with Gasteiger partial charge in [-0.1, -0.05) is 19.9 Å². The van der Waals surface area contributed by atoms with E-state index in [1.807, 2.05) is 43.3 Å². The molecule has 0 amide bonds. The number of thiazole rings is 1. The minimum absolute atomic E-state index is 0.328. The molecule has 2 aromatic heterocycles. The number of carbonyl (C=O) groups is 1. The Bertz CT molecular complexity index is 952. The predicted octanol–water partition coefficient (Wildman–Crippen LogP) is 5.39. The fourth-order valence-electron chi connectivity index (χ4n) is 2.67. The standard InChI is InChI=1S/C22H24N2O3S/c1-5-26-22(25)20-15(4)24-21(28-20)16-9-10-19(27-13-14(2)3)17(12-16)18-8-6-7-11-23-18/h6-12,14H,5,13H2,1-4H3. The molecule has 28 heavy (non-hydrogen) atoms. The van der Waals surface area contributed by atoms with Crippen LogP contribution in [0.5, 0.6) is 5.75 Å². The van der Waals surface area contributed by atoms with Gasteiger partial charge in [0.1, 0.15) is 15.6 Å². The molecular weight excluding hydrogens is 372 g/mol. The smallest absolute Gasteiger partial charge is 0.350 e. The van der Waals surface area contributed by atoms with Crippen molar-refractivity contribution in [2.75, 3.05) is 13.2 Å². The number of nitrogens with zero attached hydrogens (tertiary/aromatic N) is 2. The number of benzene rings is 1. The van der Waals surface area contributed by atoms with E-state index >= 15 is 0 Å². The Morgan fingerprint density at radius 2 is 2.04 bits per heavy atom. The minimum Gasteiger partial charge on any atom is -0.493 e. The highest BCUT2D eigenvalue weighted by Gasteiger charge is 2.18. The number of pyridine rings is 1. The Labute approximate surface area is 169 Å². The number of hydrogen-bond acceptors (Lipinski definition) is 6. The summed E-state index contributed by atoms with van der Waals surface area (Å²) in [7, 11) is 0. The molecule has 0 saturated carbocycles.